The van der Waals surface area contributed by atoms with Crippen LogP contribution in [0.5, 0.6) is 0 Å². The van der Waals surface area contributed by atoms with E-state index in [0.29, 0.717) is 19.5 Å². The molecule has 1 fully saturated rings. The maximum absolute atomic E-state index is 13.4. The summed E-state index contributed by atoms with van der Waals surface area (Å²) in [4.78, 5) is 2.14. The number of aromatic nitrogens is 3. The number of aliphatic hydroxyl groups is 1. The van der Waals surface area contributed by atoms with E-state index in [1.807, 2.05) is 13.1 Å². The van der Waals surface area contributed by atoms with Gasteiger partial charge in [0.15, 0.2) is 0 Å². The lowest BCUT2D eigenvalue weighted by atomic mass is 10.0. The fourth-order valence-corrected chi connectivity index (χ4v) is 2.78. The number of β-amino-alcohol motifs (C(OH)–C–C–N with tert-alkyl or cyclic N) is 1. The molecule has 20 heavy (non-hydrogen) atoms. The lowest BCUT2D eigenvalue weighted by molar-refractivity contribution is 0.171. The minimum atomic E-state index is -0.385. The normalized spacial score (nSPS) is 23.4. The monoisotopic (exact) mass is 276 g/mol. The van der Waals surface area contributed by atoms with Gasteiger partial charge in [-0.3, -0.25) is 9.58 Å². The number of aryl methyl sites for hydroxylation is 1. The van der Waals surface area contributed by atoms with Crippen molar-refractivity contribution in [3.63, 3.8) is 0 Å². The van der Waals surface area contributed by atoms with E-state index in [1.165, 1.54) is 12.1 Å². The van der Waals surface area contributed by atoms with Gasteiger partial charge in [-0.2, -0.15) is 0 Å². The summed E-state index contributed by atoms with van der Waals surface area (Å²) in [6, 6.07) is 6.61. The molecule has 0 saturated carbocycles. The molecule has 1 aliphatic rings. The third-order valence-corrected chi connectivity index (χ3v) is 3.79. The van der Waals surface area contributed by atoms with Crippen LogP contribution in [-0.2, 0) is 13.6 Å². The number of hydrogen-bond acceptors (Lipinski definition) is 4. The number of halogens is 1. The number of likely N-dealkylation sites (tertiary alicyclic amines) is 1. The molecule has 2 aromatic rings. The van der Waals surface area contributed by atoms with E-state index in [1.54, 1.807) is 16.9 Å². The maximum Gasteiger partial charge on any atom is 0.123 e. The minimum Gasteiger partial charge on any atom is -0.392 e. The molecule has 1 N–H and O–H groups in total. The third kappa shape index (κ3) is 2.57. The van der Waals surface area contributed by atoms with Crippen LogP contribution in [0.25, 0.3) is 0 Å². The van der Waals surface area contributed by atoms with Crippen molar-refractivity contribution in [2.24, 2.45) is 7.05 Å². The molecule has 1 aromatic heterocycles. The lowest BCUT2D eigenvalue weighted by Crippen LogP contribution is -2.25. The standard InChI is InChI=1S/C14H17FN4O/c1-18-12(7-16-17-18)8-19-9-13(20)6-14(19)10-3-2-4-11(15)5-10/h2-5,7,13-14,20H,6,8-9H2,1H3. The number of aliphatic hydroxyl groups excluding tert-OH is 1. The fourth-order valence-electron chi connectivity index (χ4n) is 2.78. The molecule has 0 bridgehead atoms. The molecule has 2 heterocycles. The predicted octanol–water partition coefficient (Wildman–Crippen LogP) is 1.26. The molecular weight excluding hydrogens is 259 g/mol. The lowest BCUT2D eigenvalue weighted by Gasteiger charge is -2.24. The largest absolute Gasteiger partial charge is 0.392 e. The quantitative estimate of drug-likeness (QED) is 0.917. The highest BCUT2D eigenvalue weighted by Gasteiger charge is 2.32. The Labute approximate surface area is 116 Å². The van der Waals surface area contributed by atoms with Crippen LogP contribution < -0.4 is 0 Å². The van der Waals surface area contributed by atoms with E-state index in [0.717, 1.165) is 11.3 Å². The molecule has 1 aromatic carbocycles. The van der Waals surface area contributed by atoms with Gasteiger partial charge in [-0.15, -0.1) is 5.10 Å². The van der Waals surface area contributed by atoms with Crippen molar-refractivity contribution in [2.45, 2.75) is 25.1 Å². The van der Waals surface area contributed by atoms with Gasteiger partial charge in [0.2, 0.25) is 0 Å². The van der Waals surface area contributed by atoms with Crippen molar-refractivity contribution in [2.75, 3.05) is 6.54 Å². The molecule has 0 spiro atoms. The van der Waals surface area contributed by atoms with Gasteiger partial charge in [0, 0.05) is 26.2 Å². The topological polar surface area (TPSA) is 54.2 Å². The van der Waals surface area contributed by atoms with Gasteiger partial charge in [0.1, 0.15) is 5.82 Å². The first-order valence-electron chi connectivity index (χ1n) is 6.64. The molecule has 2 unspecified atom stereocenters. The number of rotatable bonds is 3. The Morgan fingerprint density at radius 1 is 1.45 bits per heavy atom. The van der Waals surface area contributed by atoms with Crippen LogP contribution in [0.1, 0.15) is 23.7 Å². The third-order valence-electron chi connectivity index (χ3n) is 3.79. The average Bonchev–Trinajstić information content (AvgIpc) is 2.97. The van der Waals surface area contributed by atoms with Crippen LogP contribution in [0, 0.1) is 5.82 Å². The molecular formula is C14H17FN4O. The molecule has 0 aliphatic carbocycles. The second-order valence-corrected chi connectivity index (χ2v) is 5.24. The Morgan fingerprint density at radius 2 is 2.30 bits per heavy atom. The van der Waals surface area contributed by atoms with Gasteiger partial charge in [-0.05, 0) is 24.1 Å². The van der Waals surface area contributed by atoms with Crippen LogP contribution in [0.3, 0.4) is 0 Å². The molecule has 1 saturated heterocycles. The molecule has 6 heteroatoms. The summed E-state index contributed by atoms with van der Waals surface area (Å²) in [6.07, 6.45) is 1.95. The summed E-state index contributed by atoms with van der Waals surface area (Å²) in [5.41, 5.74) is 1.87. The molecule has 5 nitrogen and oxygen atoms in total. The van der Waals surface area contributed by atoms with Gasteiger partial charge in [0.05, 0.1) is 18.0 Å². The van der Waals surface area contributed by atoms with E-state index in [4.69, 9.17) is 0 Å². The Bertz CT molecular complexity index is 600. The molecule has 2 atom stereocenters. The summed E-state index contributed by atoms with van der Waals surface area (Å²) in [5, 5.41) is 17.7. The van der Waals surface area contributed by atoms with Crippen molar-refractivity contribution in [1.82, 2.24) is 19.9 Å². The number of nitrogens with zero attached hydrogens (tertiary/aromatic N) is 4. The first-order chi connectivity index (χ1) is 9.63. The van der Waals surface area contributed by atoms with E-state index < -0.39 is 0 Å². The summed E-state index contributed by atoms with van der Waals surface area (Å²) in [5.74, 6) is -0.244. The predicted molar refractivity (Wildman–Crippen MR) is 71.2 cm³/mol. The van der Waals surface area contributed by atoms with E-state index >= 15 is 0 Å². The summed E-state index contributed by atoms with van der Waals surface area (Å²) in [7, 11) is 1.84. The van der Waals surface area contributed by atoms with Gasteiger partial charge in [0.25, 0.3) is 0 Å². The van der Waals surface area contributed by atoms with Crippen LogP contribution >= 0.6 is 0 Å². The highest BCUT2D eigenvalue weighted by atomic mass is 19.1. The Morgan fingerprint density at radius 3 is 3.00 bits per heavy atom. The molecule has 1 aliphatic heterocycles. The van der Waals surface area contributed by atoms with Crippen molar-refractivity contribution in [3.05, 3.63) is 47.5 Å². The van der Waals surface area contributed by atoms with E-state index in [9.17, 15) is 9.50 Å². The summed E-state index contributed by atoms with van der Waals surface area (Å²) >= 11 is 0. The fraction of sp³-hybridized carbons (Fsp3) is 0.429. The summed E-state index contributed by atoms with van der Waals surface area (Å²) < 4.78 is 15.1. The van der Waals surface area contributed by atoms with E-state index in [-0.39, 0.29) is 18.0 Å². The van der Waals surface area contributed by atoms with Gasteiger partial charge >= 0.3 is 0 Å². The van der Waals surface area contributed by atoms with Crippen molar-refractivity contribution in [1.29, 1.82) is 0 Å². The van der Waals surface area contributed by atoms with Crippen molar-refractivity contribution < 1.29 is 9.50 Å². The summed E-state index contributed by atoms with van der Waals surface area (Å²) in [6.45, 7) is 1.22. The zero-order valence-corrected chi connectivity index (χ0v) is 11.3. The zero-order valence-electron chi connectivity index (χ0n) is 11.3. The first kappa shape index (κ1) is 13.2. The number of hydrogen-bond donors (Lipinski definition) is 1. The van der Waals surface area contributed by atoms with Crippen molar-refractivity contribution >= 4 is 0 Å². The molecule has 0 amide bonds. The molecule has 106 valence electrons. The average molecular weight is 276 g/mol. The Balaban J connectivity index is 1.83. The minimum absolute atomic E-state index is 0.0237. The maximum atomic E-state index is 13.4. The molecule has 0 radical (unpaired) electrons. The highest BCUT2D eigenvalue weighted by molar-refractivity contribution is 5.22. The van der Waals surface area contributed by atoms with Gasteiger partial charge in [-0.25, -0.2) is 4.39 Å². The Kier molecular flexibility index (Phi) is 3.50. The SMILES string of the molecule is Cn1nncc1CN1CC(O)CC1c1cccc(F)c1. The van der Waals surface area contributed by atoms with Crippen LogP contribution in [0.4, 0.5) is 4.39 Å². The smallest absolute Gasteiger partial charge is 0.123 e. The van der Waals surface area contributed by atoms with Gasteiger partial charge in [-0.1, -0.05) is 17.3 Å². The van der Waals surface area contributed by atoms with Crippen LogP contribution in [0.15, 0.2) is 30.5 Å². The highest BCUT2D eigenvalue weighted by Crippen LogP contribution is 2.33. The van der Waals surface area contributed by atoms with Crippen LogP contribution in [-0.4, -0.2) is 37.6 Å². The van der Waals surface area contributed by atoms with Crippen molar-refractivity contribution in [3.8, 4) is 0 Å². The Hall–Kier alpha value is -1.79. The van der Waals surface area contributed by atoms with Crippen LogP contribution in [0.2, 0.25) is 0 Å². The second kappa shape index (κ2) is 5.30. The first-order valence-corrected chi connectivity index (χ1v) is 6.64. The number of benzene rings is 1. The zero-order chi connectivity index (χ0) is 14.1. The second-order valence-electron chi connectivity index (χ2n) is 5.24. The van der Waals surface area contributed by atoms with E-state index in [2.05, 4.69) is 15.2 Å². The molecule has 3 rings (SSSR count). The van der Waals surface area contributed by atoms with Gasteiger partial charge < -0.3 is 5.11 Å².